The van der Waals surface area contributed by atoms with E-state index >= 15 is 0 Å². The highest BCUT2D eigenvalue weighted by Gasteiger charge is 2.15. The Bertz CT molecular complexity index is 744. The average molecular weight is 393 g/mol. The topological polar surface area (TPSA) is 68.3 Å². The molecule has 0 unspecified atom stereocenters. The van der Waals surface area contributed by atoms with Crippen LogP contribution >= 0.6 is 23.1 Å². The van der Waals surface area contributed by atoms with Crippen LogP contribution in [-0.4, -0.2) is 30.0 Å². The number of thioether (sulfide) groups is 1. The summed E-state index contributed by atoms with van der Waals surface area (Å²) in [5, 5.41) is 5.80. The number of thiazole rings is 1. The lowest BCUT2D eigenvalue weighted by molar-refractivity contribution is -0.124. The lowest BCUT2D eigenvalue weighted by atomic mass is 10.1. The second kappa shape index (κ2) is 10.3. The van der Waals surface area contributed by atoms with E-state index in [4.69, 9.17) is 4.74 Å². The molecule has 1 aromatic carbocycles. The molecule has 2 aromatic rings. The van der Waals surface area contributed by atoms with Crippen LogP contribution in [0.15, 0.2) is 34.5 Å². The highest BCUT2D eigenvalue weighted by atomic mass is 32.2. The van der Waals surface area contributed by atoms with E-state index in [1.807, 2.05) is 24.4 Å². The van der Waals surface area contributed by atoms with Crippen LogP contribution in [0.2, 0.25) is 0 Å². The van der Waals surface area contributed by atoms with Crippen molar-refractivity contribution >= 4 is 35.0 Å². The zero-order chi connectivity index (χ0) is 18.9. The zero-order valence-electron chi connectivity index (χ0n) is 15.3. The van der Waals surface area contributed by atoms with E-state index in [1.54, 1.807) is 23.5 Å². The summed E-state index contributed by atoms with van der Waals surface area (Å²) in [5.74, 6) is 0.441. The molecule has 140 valence electrons. The van der Waals surface area contributed by atoms with Crippen LogP contribution in [0.1, 0.15) is 41.3 Å². The Morgan fingerprint density at radius 1 is 1.31 bits per heavy atom. The summed E-state index contributed by atoms with van der Waals surface area (Å²) in [6, 6.07) is 7.26. The van der Waals surface area contributed by atoms with Gasteiger partial charge in [-0.2, -0.15) is 0 Å². The molecule has 0 spiro atoms. The Balaban J connectivity index is 1.87. The highest BCUT2D eigenvalue weighted by molar-refractivity contribution is 7.98. The fourth-order valence-corrected chi connectivity index (χ4v) is 3.80. The summed E-state index contributed by atoms with van der Waals surface area (Å²) in [4.78, 5) is 29.3. The Morgan fingerprint density at radius 3 is 2.77 bits per heavy atom. The van der Waals surface area contributed by atoms with Gasteiger partial charge in [-0.05, 0) is 31.4 Å². The van der Waals surface area contributed by atoms with Crippen molar-refractivity contribution in [1.29, 1.82) is 0 Å². The number of rotatable bonds is 9. The number of carbonyl (C=O) groups is 2. The standard InChI is InChI=1S/C19H24N2O3S2/c1-13(2)8-9-20-18(22)10-24-19(23)16-6-4-5-7-17(16)26-12-15-11-25-14(3)21-15/h4-7,11,13H,8-10,12H2,1-3H3,(H,20,22). The summed E-state index contributed by atoms with van der Waals surface area (Å²) in [5.41, 5.74) is 1.46. The van der Waals surface area contributed by atoms with Gasteiger partial charge in [0.05, 0.1) is 16.3 Å². The molecule has 0 aliphatic heterocycles. The van der Waals surface area contributed by atoms with E-state index in [0.717, 1.165) is 22.0 Å². The number of aryl methyl sites for hydroxylation is 1. The van der Waals surface area contributed by atoms with E-state index in [2.05, 4.69) is 24.1 Å². The van der Waals surface area contributed by atoms with Gasteiger partial charge in [-0.25, -0.2) is 9.78 Å². The SMILES string of the molecule is Cc1nc(CSc2ccccc2C(=O)OCC(=O)NCCC(C)C)cs1. The van der Waals surface area contributed by atoms with E-state index in [9.17, 15) is 9.59 Å². The minimum absolute atomic E-state index is 0.263. The molecule has 0 fully saturated rings. The maximum absolute atomic E-state index is 12.3. The summed E-state index contributed by atoms with van der Waals surface area (Å²) in [7, 11) is 0. The summed E-state index contributed by atoms with van der Waals surface area (Å²) < 4.78 is 5.17. The number of aromatic nitrogens is 1. The van der Waals surface area contributed by atoms with Gasteiger partial charge in [0.25, 0.3) is 5.91 Å². The monoisotopic (exact) mass is 392 g/mol. The molecule has 1 heterocycles. The molecule has 0 saturated heterocycles. The predicted molar refractivity (Wildman–Crippen MR) is 106 cm³/mol. The van der Waals surface area contributed by atoms with Crippen molar-refractivity contribution in [2.45, 2.75) is 37.8 Å². The Kier molecular flexibility index (Phi) is 8.12. The molecule has 26 heavy (non-hydrogen) atoms. The predicted octanol–water partition coefficient (Wildman–Crippen LogP) is 4.06. The van der Waals surface area contributed by atoms with Gasteiger partial charge in [-0.1, -0.05) is 26.0 Å². The number of nitrogens with one attached hydrogen (secondary N) is 1. The maximum atomic E-state index is 12.3. The first-order chi connectivity index (χ1) is 12.5. The first kappa shape index (κ1) is 20.5. The Morgan fingerprint density at radius 2 is 2.08 bits per heavy atom. The normalized spacial score (nSPS) is 10.8. The third-order valence-electron chi connectivity index (χ3n) is 3.53. The van der Waals surface area contributed by atoms with Crippen LogP contribution in [0.25, 0.3) is 0 Å². The average Bonchev–Trinajstić information content (AvgIpc) is 3.03. The number of hydrogen-bond donors (Lipinski definition) is 1. The van der Waals surface area contributed by atoms with Crippen molar-refractivity contribution in [3.63, 3.8) is 0 Å². The van der Waals surface area contributed by atoms with E-state index < -0.39 is 5.97 Å². The maximum Gasteiger partial charge on any atom is 0.339 e. The van der Waals surface area contributed by atoms with Crippen LogP contribution in [0.4, 0.5) is 0 Å². The fraction of sp³-hybridized carbons (Fsp3) is 0.421. The molecule has 0 atom stereocenters. The van der Waals surface area contributed by atoms with Gasteiger partial charge in [-0.15, -0.1) is 23.1 Å². The number of nitrogens with zero attached hydrogens (tertiary/aromatic N) is 1. The number of esters is 1. The molecule has 0 saturated carbocycles. The van der Waals surface area contributed by atoms with Crippen molar-refractivity contribution in [1.82, 2.24) is 10.3 Å². The van der Waals surface area contributed by atoms with Crippen LogP contribution in [0.3, 0.4) is 0 Å². The zero-order valence-corrected chi connectivity index (χ0v) is 16.9. The molecule has 0 aliphatic carbocycles. The van der Waals surface area contributed by atoms with Gasteiger partial charge >= 0.3 is 5.97 Å². The first-order valence-corrected chi connectivity index (χ1v) is 10.4. The van der Waals surface area contributed by atoms with Gasteiger partial charge < -0.3 is 10.1 Å². The fourth-order valence-electron chi connectivity index (χ4n) is 2.15. The van der Waals surface area contributed by atoms with Gasteiger partial charge in [0.2, 0.25) is 0 Å². The molecular weight excluding hydrogens is 368 g/mol. The summed E-state index contributed by atoms with van der Waals surface area (Å²) in [6.45, 7) is 6.48. The van der Waals surface area contributed by atoms with E-state index in [-0.39, 0.29) is 12.5 Å². The van der Waals surface area contributed by atoms with Gasteiger partial charge in [-0.3, -0.25) is 4.79 Å². The van der Waals surface area contributed by atoms with Crippen molar-refractivity contribution in [2.24, 2.45) is 5.92 Å². The molecular formula is C19H24N2O3S2. The Hall–Kier alpha value is -1.86. The first-order valence-electron chi connectivity index (χ1n) is 8.52. The largest absolute Gasteiger partial charge is 0.452 e. The number of amides is 1. The summed E-state index contributed by atoms with van der Waals surface area (Å²) >= 11 is 3.14. The Labute approximate surface area is 162 Å². The molecule has 0 bridgehead atoms. The molecule has 7 heteroatoms. The van der Waals surface area contributed by atoms with Gasteiger partial charge in [0.15, 0.2) is 6.61 Å². The van der Waals surface area contributed by atoms with E-state index in [1.165, 1.54) is 11.8 Å². The van der Waals surface area contributed by atoms with Crippen LogP contribution in [-0.2, 0) is 15.3 Å². The molecule has 1 N–H and O–H groups in total. The van der Waals surface area contributed by atoms with Gasteiger partial charge in [0, 0.05) is 22.6 Å². The third-order valence-corrected chi connectivity index (χ3v) is 5.46. The van der Waals surface area contributed by atoms with Crippen molar-refractivity contribution < 1.29 is 14.3 Å². The molecule has 1 aromatic heterocycles. The van der Waals surface area contributed by atoms with Crippen molar-refractivity contribution in [3.05, 3.63) is 45.9 Å². The minimum atomic E-state index is -0.485. The molecule has 0 radical (unpaired) electrons. The van der Waals surface area contributed by atoms with Crippen molar-refractivity contribution in [3.8, 4) is 0 Å². The van der Waals surface area contributed by atoms with E-state index in [0.29, 0.717) is 23.8 Å². The van der Waals surface area contributed by atoms with Crippen LogP contribution < -0.4 is 5.32 Å². The molecule has 0 aliphatic rings. The lowest BCUT2D eigenvalue weighted by Crippen LogP contribution is -2.30. The minimum Gasteiger partial charge on any atom is -0.452 e. The van der Waals surface area contributed by atoms with Gasteiger partial charge in [0.1, 0.15) is 0 Å². The molecule has 1 amide bonds. The second-order valence-electron chi connectivity index (χ2n) is 6.25. The second-order valence-corrected chi connectivity index (χ2v) is 8.33. The van der Waals surface area contributed by atoms with Crippen molar-refractivity contribution in [2.75, 3.05) is 13.2 Å². The number of carbonyl (C=O) groups excluding carboxylic acids is 2. The number of benzene rings is 1. The smallest absolute Gasteiger partial charge is 0.339 e. The van der Waals surface area contributed by atoms with Crippen LogP contribution in [0.5, 0.6) is 0 Å². The highest BCUT2D eigenvalue weighted by Crippen LogP contribution is 2.27. The molecule has 5 nitrogen and oxygen atoms in total. The quantitative estimate of drug-likeness (QED) is 0.515. The molecule has 2 rings (SSSR count). The third kappa shape index (κ3) is 6.80. The summed E-state index contributed by atoms with van der Waals surface area (Å²) in [6.07, 6.45) is 0.898. The lowest BCUT2D eigenvalue weighted by Gasteiger charge is -2.10. The number of ether oxygens (including phenoxy) is 1. The van der Waals surface area contributed by atoms with Crippen LogP contribution in [0, 0.1) is 12.8 Å². The number of hydrogen-bond acceptors (Lipinski definition) is 6.